The molecule has 0 unspecified atom stereocenters. The zero-order valence-corrected chi connectivity index (χ0v) is 18.1. The highest BCUT2D eigenvalue weighted by molar-refractivity contribution is 5.68. The van der Waals surface area contributed by atoms with Gasteiger partial charge in [0.15, 0.2) is 0 Å². The minimum absolute atomic E-state index is 0.459. The molecule has 4 aromatic rings. The van der Waals surface area contributed by atoms with Crippen LogP contribution in [0.3, 0.4) is 0 Å². The van der Waals surface area contributed by atoms with Gasteiger partial charge in [0.05, 0.1) is 53.8 Å². The minimum atomic E-state index is 0.459. The van der Waals surface area contributed by atoms with Crippen molar-refractivity contribution in [3.05, 3.63) is 71.7 Å². The summed E-state index contributed by atoms with van der Waals surface area (Å²) in [6.07, 6.45) is 1.84. The van der Waals surface area contributed by atoms with E-state index in [1.807, 2.05) is 61.6 Å². The van der Waals surface area contributed by atoms with Gasteiger partial charge in [-0.05, 0) is 30.3 Å². The highest BCUT2D eigenvalue weighted by atomic mass is 16.5. The Hall–Kier alpha value is -4.16. The Bertz CT molecular complexity index is 1270. The summed E-state index contributed by atoms with van der Waals surface area (Å²) in [6.45, 7) is 0.938. The maximum Gasteiger partial charge on any atom is 0.225 e. The second-order valence-corrected chi connectivity index (χ2v) is 7.38. The molecule has 32 heavy (non-hydrogen) atoms. The fraction of sp³-hybridized carbons (Fsp3) is 0.217. The molecule has 0 bridgehead atoms. The average molecular weight is 426 g/mol. The average Bonchev–Trinajstić information content (AvgIpc) is 3.28. The van der Waals surface area contributed by atoms with Gasteiger partial charge in [0.1, 0.15) is 5.69 Å². The number of nitriles is 1. The summed E-state index contributed by atoms with van der Waals surface area (Å²) in [5.41, 5.74) is 5.11. The van der Waals surface area contributed by atoms with E-state index in [4.69, 9.17) is 4.74 Å². The van der Waals surface area contributed by atoms with Crippen molar-refractivity contribution in [2.75, 3.05) is 26.1 Å². The first-order chi connectivity index (χ1) is 15.6. The predicted molar refractivity (Wildman–Crippen MR) is 120 cm³/mol. The van der Waals surface area contributed by atoms with Crippen molar-refractivity contribution in [1.82, 2.24) is 29.9 Å². The highest BCUT2D eigenvalue weighted by Gasteiger charge is 2.13. The number of hydrogen-bond donors (Lipinski definition) is 0. The Morgan fingerprint density at radius 1 is 0.969 bits per heavy atom. The van der Waals surface area contributed by atoms with Crippen LogP contribution in [0.4, 0.5) is 5.95 Å². The third kappa shape index (κ3) is 4.77. The van der Waals surface area contributed by atoms with Gasteiger partial charge in [0.25, 0.3) is 0 Å². The van der Waals surface area contributed by atoms with E-state index in [-0.39, 0.29) is 0 Å². The van der Waals surface area contributed by atoms with Crippen LogP contribution in [-0.4, -0.2) is 51.2 Å². The van der Waals surface area contributed by atoms with Gasteiger partial charge in [-0.25, -0.2) is 14.6 Å². The molecule has 9 heteroatoms. The largest absolute Gasteiger partial charge is 0.378 e. The summed E-state index contributed by atoms with van der Waals surface area (Å²) in [7, 11) is 5.40. The van der Waals surface area contributed by atoms with Gasteiger partial charge >= 0.3 is 0 Å². The van der Waals surface area contributed by atoms with Gasteiger partial charge in [-0.3, -0.25) is 4.98 Å². The number of nitrogens with zero attached hydrogens (tertiary/aromatic N) is 8. The molecule has 0 aliphatic carbocycles. The third-order valence-corrected chi connectivity index (χ3v) is 4.68. The first-order valence-electron chi connectivity index (χ1n) is 9.97. The number of hydrogen-bond acceptors (Lipinski definition) is 8. The lowest BCUT2D eigenvalue weighted by atomic mass is 10.1. The molecule has 1 aromatic carbocycles. The Balaban J connectivity index is 1.66. The Kier molecular flexibility index (Phi) is 6.14. The number of ether oxygens (including phenoxy) is 1. The summed E-state index contributed by atoms with van der Waals surface area (Å²) in [5.74, 6) is 0.545. The smallest absolute Gasteiger partial charge is 0.225 e. The van der Waals surface area contributed by atoms with Crippen molar-refractivity contribution in [3.8, 4) is 28.7 Å². The number of methoxy groups -OCH3 is 1. The summed E-state index contributed by atoms with van der Waals surface area (Å²) >= 11 is 0. The van der Waals surface area contributed by atoms with Crippen LogP contribution in [0.2, 0.25) is 0 Å². The maximum atomic E-state index is 9.23. The molecule has 0 aliphatic rings. The van der Waals surface area contributed by atoms with Crippen molar-refractivity contribution < 1.29 is 4.74 Å². The Labute approximate surface area is 186 Å². The monoisotopic (exact) mass is 426 g/mol. The van der Waals surface area contributed by atoms with Gasteiger partial charge in [0.2, 0.25) is 5.95 Å². The van der Waals surface area contributed by atoms with Gasteiger partial charge in [0, 0.05) is 26.8 Å². The van der Waals surface area contributed by atoms with Crippen molar-refractivity contribution in [3.63, 3.8) is 0 Å². The molecule has 0 saturated carbocycles. The fourth-order valence-corrected chi connectivity index (χ4v) is 3.17. The molecule has 0 spiro atoms. The lowest BCUT2D eigenvalue weighted by Crippen LogP contribution is -2.13. The minimum Gasteiger partial charge on any atom is -0.378 e. The molecule has 0 amide bonds. The molecule has 0 atom stereocenters. The van der Waals surface area contributed by atoms with Crippen LogP contribution in [-0.2, 0) is 17.9 Å². The molecule has 0 N–H and O–H groups in total. The second kappa shape index (κ2) is 9.32. The van der Waals surface area contributed by atoms with E-state index < -0.39 is 0 Å². The van der Waals surface area contributed by atoms with Crippen LogP contribution < -0.4 is 4.90 Å². The molecule has 0 aliphatic heterocycles. The summed E-state index contributed by atoms with van der Waals surface area (Å²) in [4.78, 5) is 15.7. The van der Waals surface area contributed by atoms with Gasteiger partial charge < -0.3 is 9.64 Å². The second-order valence-electron chi connectivity index (χ2n) is 7.38. The number of benzene rings is 1. The summed E-state index contributed by atoms with van der Waals surface area (Å²) < 4.78 is 6.88. The van der Waals surface area contributed by atoms with E-state index in [0.29, 0.717) is 41.7 Å². The third-order valence-electron chi connectivity index (χ3n) is 4.68. The molecule has 3 heterocycles. The normalized spacial score (nSPS) is 10.7. The maximum absolute atomic E-state index is 9.23. The van der Waals surface area contributed by atoms with E-state index in [1.54, 1.807) is 23.9 Å². The molecular formula is C23H22N8O. The van der Waals surface area contributed by atoms with Crippen molar-refractivity contribution in [2.24, 2.45) is 0 Å². The lowest BCUT2D eigenvalue weighted by molar-refractivity contribution is 0.181. The molecule has 9 nitrogen and oxygen atoms in total. The Morgan fingerprint density at radius 2 is 1.75 bits per heavy atom. The van der Waals surface area contributed by atoms with E-state index in [9.17, 15) is 5.26 Å². The lowest BCUT2D eigenvalue weighted by Gasteiger charge is -2.13. The molecule has 0 radical (unpaired) electrons. The van der Waals surface area contributed by atoms with E-state index >= 15 is 0 Å². The van der Waals surface area contributed by atoms with Crippen LogP contribution >= 0.6 is 0 Å². The standard InChI is InChI=1S/C23H22N8O/c1-30(2)23-26-20(17-7-4-6-16(10-17)12-24)11-21(27-23)22-14-31(29-28-22)13-18-8-5-9-19(25-18)15-32-3/h4-11,14H,13,15H2,1-3H3. The molecule has 0 fully saturated rings. The predicted octanol–water partition coefficient (Wildman–Crippen LogP) is 2.93. The van der Waals surface area contributed by atoms with Gasteiger partial charge in [-0.1, -0.05) is 23.4 Å². The number of aromatic nitrogens is 6. The van der Waals surface area contributed by atoms with Crippen molar-refractivity contribution in [1.29, 1.82) is 5.26 Å². The van der Waals surface area contributed by atoms with Crippen LogP contribution in [0, 0.1) is 11.3 Å². The van der Waals surface area contributed by atoms with Crippen LogP contribution in [0.15, 0.2) is 54.7 Å². The molecule has 160 valence electrons. The molecule has 0 saturated heterocycles. The number of rotatable bonds is 7. The van der Waals surface area contributed by atoms with Crippen molar-refractivity contribution in [2.45, 2.75) is 13.2 Å². The molecule has 4 rings (SSSR count). The summed E-state index contributed by atoms with van der Waals surface area (Å²) in [5, 5.41) is 17.8. The van der Waals surface area contributed by atoms with E-state index in [1.165, 1.54) is 0 Å². The topological polar surface area (TPSA) is 106 Å². The van der Waals surface area contributed by atoms with Gasteiger partial charge in [-0.2, -0.15) is 5.26 Å². The van der Waals surface area contributed by atoms with Crippen molar-refractivity contribution >= 4 is 5.95 Å². The van der Waals surface area contributed by atoms with E-state index in [2.05, 4.69) is 31.3 Å². The fourth-order valence-electron chi connectivity index (χ4n) is 3.17. The first-order valence-corrected chi connectivity index (χ1v) is 9.97. The summed E-state index contributed by atoms with van der Waals surface area (Å²) in [6, 6.07) is 17.2. The van der Waals surface area contributed by atoms with Crippen LogP contribution in [0.5, 0.6) is 0 Å². The SMILES string of the molecule is COCc1cccc(Cn2cc(-c3cc(-c4cccc(C#N)c4)nc(N(C)C)n3)nn2)n1. The molecular weight excluding hydrogens is 404 g/mol. The zero-order chi connectivity index (χ0) is 22.5. The Morgan fingerprint density at radius 3 is 2.53 bits per heavy atom. The zero-order valence-electron chi connectivity index (χ0n) is 18.1. The van der Waals surface area contributed by atoms with Gasteiger partial charge in [-0.15, -0.1) is 5.10 Å². The molecule has 3 aromatic heterocycles. The van der Waals surface area contributed by atoms with Crippen LogP contribution in [0.25, 0.3) is 22.6 Å². The number of anilines is 1. The van der Waals surface area contributed by atoms with Crippen LogP contribution in [0.1, 0.15) is 17.0 Å². The number of pyridine rings is 1. The highest BCUT2D eigenvalue weighted by Crippen LogP contribution is 2.25. The quantitative estimate of drug-likeness (QED) is 0.444. The van der Waals surface area contributed by atoms with E-state index in [0.717, 1.165) is 17.0 Å². The first kappa shape index (κ1) is 21.1.